The summed E-state index contributed by atoms with van der Waals surface area (Å²) in [6, 6.07) is 9.85. The predicted molar refractivity (Wildman–Crippen MR) is 111 cm³/mol. The third-order valence-electron chi connectivity index (χ3n) is 4.56. The Kier molecular flexibility index (Phi) is 5.09. The molecule has 0 unspecified atom stereocenters. The second-order valence-corrected chi connectivity index (χ2v) is 7.42. The highest BCUT2D eigenvalue weighted by molar-refractivity contribution is 7.14. The summed E-state index contributed by atoms with van der Waals surface area (Å²) in [5.74, 6) is -0.0838. The van der Waals surface area contributed by atoms with Gasteiger partial charge in [-0.1, -0.05) is 12.1 Å². The number of amides is 1. The van der Waals surface area contributed by atoms with Gasteiger partial charge in [0.25, 0.3) is 0 Å². The smallest absolute Gasteiger partial charge is 0.221 e. The normalized spacial score (nSPS) is 10.7. The van der Waals surface area contributed by atoms with Crippen molar-refractivity contribution in [1.29, 1.82) is 0 Å². The maximum absolute atomic E-state index is 11.2. The van der Waals surface area contributed by atoms with Gasteiger partial charge in [-0.2, -0.15) is 0 Å². The predicted octanol–water partition coefficient (Wildman–Crippen LogP) is 5.75. The van der Waals surface area contributed by atoms with Gasteiger partial charge in [0.15, 0.2) is 5.13 Å². The van der Waals surface area contributed by atoms with Crippen LogP contribution in [-0.4, -0.2) is 10.9 Å². The highest BCUT2D eigenvalue weighted by Gasteiger charge is 2.14. The summed E-state index contributed by atoms with van der Waals surface area (Å²) in [5, 5.41) is 9.05. The SMILES string of the molecule is CC(=O)Nc1cccc(Nc2nc(-c3c(C)c(C)cc(C)c3C)cs2)c1. The fourth-order valence-corrected chi connectivity index (χ4v) is 3.77. The lowest BCUT2D eigenvalue weighted by atomic mass is 9.93. The number of hydrogen-bond donors (Lipinski definition) is 2. The first-order chi connectivity index (χ1) is 12.3. The lowest BCUT2D eigenvalue weighted by Crippen LogP contribution is -2.05. The molecular formula is C21H23N3OS. The second kappa shape index (κ2) is 7.30. The van der Waals surface area contributed by atoms with Crippen molar-refractivity contribution in [3.63, 3.8) is 0 Å². The van der Waals surface area contributed by atoms with E-state index >= 15 is 0 Å². The van der Waals surface area contributed by atoms with E-state index in [-0.39, 0.29) is 5.91 Å². The van der Waals surface area contributed by atoms with E-state index in [1.807, 2.05) is 24.3 Å². The molecule has 26 heavy (non-hydrogen) atoms. The maximum atomic E-state index is 11.2. The van der Waals surface area contributed by atoms with Crippen LogP contribution in [0, 0.1) is 27.7 Å². The highest BCUT2D eigenvalue weighted by atomic mass is 32.1. The van der Waals surface area contributed by atoms with Crippen molar-refractivity contribution in [2.75, 3.05) is 10.6 Å². The molecule has 0 aliphatic carbocycles. The molecule has 0 bridgehead atoms. The van der Waals surface area contributed by atoms with E-state index in [1.165, 1.54) is 34.7 Å². The Balaban J connectivity index is 1.89. The first-order valence-electron chi connectivity index (χ1n) is 8.53. The van der Waals surface area contributed by atoms with E-state index in [2.05, 4.69) is 49.8 Å². The van der Waals surface area contributed by atoms with Gasteiger partial charge in [0, 0.05) is 29.2 Å². The fourth-order valence-electron chi connectivity index (χ4n) is 3.05. The van der Waals surface area contributed by atoms with Crippen LogP contribution in [0.25, 0.3) is 11.3 Å². The average Bonchev–Trinajstić information content (AvgIpc) is 3.01. The topological polar surface area (TPSA) is 54.0 Å². The number of anilines is 3. The Morgan fingerprint density at radius 2 is 1.65 bits per heavy atom. The Morgan fingerprint density at radius 1 is 1.00 bits per heavy atom. The van der Waals surface area contributed by atoms with E-state index in [0.717, 1.165) is 22.2 Å². The van der Waals surface area contributed by atoms with Crippen LogP contribution >= 0.6 is 11.3 Å². The first-order valence-corrected chi connectivity index (χ1v) is 9.41. The molecule has 1 amide bonds. The molecule has 0 fully saturated rings. The van der Waals surface area contributed by atoms with Gasteiger partial charge in [-0.15, -0.1) is 11.3 Å². The summed E-state index contributed by atoms with van der Waals surface area (Å²) in [5.41, 5.74) is 9.00. The fraction of sp³-hybridized carbons (Fsp3) is 0.238. The minimum Gasteiger partial charge on any atom is -0.331 e. The van der Waals surface area contributed by atoms with Crippen LogP contribution in [0.2, 0.25) is 0 Å². The zero-order valence-corrected chi connectivity index (χ0v) is 16.5. The van der Waals surface area contributed by atoms with Crippen LogP contribution in [0.3, 0.4) is 0 Å². The summed E-state index contributed by atoms with van der Waals surface area (Å²) in [4.78, 5) is 16.0. The Morgan fingerprint density at radius 3 is 2.31 bits per heavy atom. The van der Waals surface area contributed by atoms with Crippen LogP contribution in [0.1, 0.15) is 29.2 Å². The molecule has 5 heteroatoms. The van der Waals surface area contributed by atoms with Gasteiger partial charge in [-0.25, -0.2) is 4.98 Å². The van der Waals surface area contributed by atoms with E-state index in [9.17, 15) is 4.79 Å². The van der Waals surface area contributed by atoms with Gasteiger partial charge >= 0.3 is 0 Å². The molecule has 134 valence electrons. The number of carbonyl (C=O) groups excluding carboxylic acids is 1. The van der Waals surface area contributed by atoms with Gasteiger partial charge in [-0.05, 0) is 68.1 Å². The molecular weight excluding hydrogens is 342 g/mol. The molecule has 1 heterocycles. The van der Waals surface area contributed by atoms with Crippen molar-refractivity contribution in [3.05, 3.63) is 58.0 Å². The molecule has 0 saturated carbocycles. The number of carbonyl (C=O) groups is 1. The minimum absolute atomic E-state index is 0.0838. The van der Waals surface area contributed by atoms with Gasteiger partial charge in [-0.3, -0.25) is 4.79 Å². The lowest BCUT2D eigenvalue weighted by molar-refractivity contribution is -0.114. The molecule has 2 aromatic carbocycles. The Hall–Kier alpha value is -2.66. The Bertz CT molecular complexity index is 949. The Labute approximate surface area is 158 Å². The van der Waals surface area contributed by atoms with Crippen molar-refractivity contribution >= 4 is 33.8 Å². The molecule has 0 aliphatic rings. The highest BCUT2D eigenvalue weighted by Crippen LogP contribution is 2.34. The number of rotatable bonds is 4. The zero-order valence-electron chi connectivity index (χ0n) is 15.7. The van der Waals surface area contributed by atoms with Gasteiger partial charge < -0.3 is 10.6 Å². The van der Waals surface area contributed by atoms with E-state index in [0.29, 0.717) is 0 Å². The average molecular weight is 366 g/mol. The monoisotopic (exact) mass is 365 g/mol. The van der Waals surface area contributed by atoms with Crippen LogP contribution in [0.4, 0.5) is 16.5 Å². The standard InChI is InChI=1S/C21H23N3OS/c1-12-9-13(2)15(4)20(14(12)3)19-11-26-21(24-19)23-18-8-6-7-17(10-18)22-16(5)25/h6-11H,1-5H3,(H,22,25)(H,23,24). The van der Waals surface area contributed by atoms with Crippen LogP contribution in [0.15, 0.2) is 35.7 Å². The van der Waals surface area contributed by atoms with Crippen molar-refractivity contribution in [2.45, 2.75) is 34.6 Å². The van der Waals surface area contributed by atoms with Gasteiger partial charge in [0.05, 0.1) is 5.69 Å². The summed E-state index contributed by atoms with van der Waals surface area (Å²) in [6.45, 7) is 10.1. The van der Waals surface area contributed by atoms with Crippen molar-refractivity contribution in [1.82, 2.24) is 4.98 Å². The van der Waals surface area contributed by atoms with E-state index < -0.39 is 0 Å². The van der Waals surface area contributed by atoms with Crippen LogP contribution < -0.4 is 10.6 Å². The summed E-state index contributed by atoms with van der Waals surface area (Å²) in [7, 11) is 0. The summed E-state index contributed by atoms with van der Waals surface area (Å²) in [6.07, 6.45) is 0. The maximum Gasteiger partial charge on any atom is 0.221 e. The molecule has 1 aromatic heterocycles. The molecule has 4 nitrogen and oxygen atoms in total. The molecule has 0 aliphatic heterocycles. The number of hydrogen-bond acceptors (Lipinski definition) is 4. The lowest BCUT2D eigenvalue weighted by Gasteiger charge is -2.13. The van der Waals surface area contributed by atoms with Crippen LogP contribution in [-0.2, 0) is 4.79 Å². The number of nitrogens with zero attached hydrogens (tertiary/aromatic N) is 1. The minimum atomic E-state index is -0.0838. The van der Waals surface area contributed by atoms with Crippen molar-refractivity contribution in [3.8, 4) is 11.3 Å². The van der Waals surface area contributed by atoms with Gasteiger partial charge in [0.1, 0.15) is 0 Å². The molecule has 3 aromatic rings. The van der Waals surface area contributed by atoms with Crippen molar-refractivity contribution < 1.29 is 4.79 Å². The molecule has 0 spiro atoms. The van der Waals surface area contributed by atoms with E-state index in [1.54, 1.807) is 11.3 Å². The number of thiazole rings is 1. The van der Waals surface area contributed by atoms with E-state index in [4.69, 9.17) is 4.98 Å². The largest absolute Gasteiger partial charge is 0.331 e. The zero-order chi connectivity index (χ0) is 18.8. The number of nitrogens with one attached hydrogen (secondary N) is 2. The number of benzene rings is 2. The molecule has 0 saturated heterocycles. The van der Waals surface area contributed by atoms with Gasteiger partial charge in [0.2, 0.25) is 5.91 Å². The molecule has 3 rings (SSSR count). The third kappa shape index (κ3) is 3.78. The summed E-state index contributed by atoms with van der Waals surface area (Å²) < 4.78 is 0. The molecule has 0 radical (unpaired) electrons. The van der Waals surface area contributed by atoms with Crippen molar-refractivity contribution in [2.24, 2.45) is 0 Å². The quantitative estimate of drug-likeness (QED) is 0.619. The second-order valence-electron chi connectivity index (χ2n) is 6.56. The summed E-state index contributed by atoms with van der Waals surface area (Å²) >= 11 is 1.58. The van der Waals surface area contributed by atoms with Crippen LogP contribution in [0.5, 0.6) is 0 Å². The molecule has 2 N–H and O–H groups in total. The number of aromatic nitrogens is 1. The number of aryl methyl sites for hydroxylation is 2. The first kappa shape index (κ1) is 18.1. The molecule has 0 atom stereocenters. The third-order valence-corrected chi connectivity index (χ3v) is 5.32.